The van der Waals surface area contributed by atoms with E-state index in [0.717, 1.165) is 25.7 Å². The van der Waals surface area contributed by atoms with Crippen LogP contribution in [0.15, 0.2) is 17.3 Å². The number of nitrogens with zero attached hydrogens (tertiary/aromatic N) is 1. The van der Waals surface area contributed by atoms with Gasteiger partial charge in [-0.2, -0.15) is 5.10 Å². The molecule has 0 aliphatic heterocycles. The lowest BCUT2D eigenvalue weighted by Gasteiger charge is -2.25. The van der Waals surface area contributed by atoms with Gasteiger partial charge in [0.1, 0.15) is 0 Å². The van der Waals surface area contributed by atoms with Crippen LogP contribution in [0.5, 0.6) is 0 Å². The minimum atomic E-state index is -3.46. The Bertz CT molecular complexity index is 435. The molecule has 3 N–H and O–H groups in total. The second kappa shape index (κ2) is 5.16. The predicted molar refractivity (Wildman–Crippen MR) is 61.7 cm³/mol. The van der Waals surface area contributed by atoms with Crippen LogP contribution in [-0.2, 0) is 10.0 Å². The molecule has 1 saturated carbocycles. The fourth-order valence-electron chi connectivity index (χ4n) is 2.05. The Morgan fingerprint density at radius 2 is 2.12 bits per heavy atom. The first-order valence-electron chi connectivity index (χ1n) is 5.75. The number of aromatic amines is 1. The molecular formula is C10H17N3O3S. The van der Waals surface area contributed by atoms with E-state index in [9.17, 15) is 13.5 Å². The normalized spacial score (nSPS) is 25.9. The molecule has 7 heteroatoms. The van der Waals surface area contributed by atoms with Gasteiger partial charge in [-0.05, 0) is 37.7 Å². The third-order valence-corrected chi connectivity index (χ3v) is 4.50. The van der Waals surface area contributed by atoms with Gasteiger partial charge in [0.05, 0.1) is 12.3 Å². The molecule has 1 aromatic heterocycles. The highest BCUT2D eigenvalue weighted by Gasteiger charge is 2.22. The molecule has 1 heterocycles. The van der Waals surface area contributed by atoms with Gasteiger partial charge in [0.25, 0.3) is 10.0 Å². The number of nitrogens with one attached hydrogen (secondary N) is 2. The Hall–Kier alpha value is -0.920. The van der Waals surface area contributed by atoms with Crippen molar-refractivity contribution < 1.29 is 13.5 Å². The zero-order valence-electron chi connectivity index (χ0n) is 9.46. The van der Waals surface area contributed by atoms with E-state index in [1.54, 1.807) is 0 Å². The van der Waals surface area contributed by atoms with Gasteiger partial charge in [-0.1, -0.05) is 0 Å². The Balaban J connectivity index is 1.86. The van der Waals surface area contributed by atoms with Gasteiger partial charge >= 0.3 is 0 Å². The van der Waals surface area contributed by atoms with Gasteiger partial charge < -0.3 is 5.11 Å². The van der Waals surface area contributed by atoms with Crippen LogP contribution in [-0.4, -0.2) is 36.4 Å². The summed E-state index contributed by atoms with van der Waals surface area (Å²) in [5.74, 6) is 0.316. The fraction of sp³-hybridized carbons (Fsp3) is 0.700. The zero-order chi connectivity index (χ0) is 12.3. The number of hydrogen-bond donors (Lipinski definition) is 3. The first-order valence-corrected chi connectivity index (χ1v) is 7.23. The lowest BCUT2D eigenvalue weighted by atomic mass is 9.88. The van der Waals surface area contributed by atoms with E-state index < -0.39 is 10.0 Å². The molecule has 96 valence electrons. The lowest BCUT2D eigenvalue weighted by molar-refractivity contribution is 0.109. The predicted octanol–water partition coefficient (Wildman–Crippen LogP) is 0.239. The minimum Gasteiger partial charge on any atom is -0.393 e. The summed E-state index contributed by atoms with van der Waals surface area (Å²) in [7, 11) is -3.46. The summed E-state index contributed by atoms with van der Waals surface area (Å²) in [4.78, 5) is 0. The third-order valence-electron chi connectivity index (χ3n) is 3.14. The number of sulfonamides is 1. The van der Waals surface area contributed by atoms with Crippen molar-refractivity contribution in [2.45, 2.75) is 36.8 Å². The van der Waals surface area contributed by atoms with Crippen LogP contribution in [0.2, 0.25) is 0 Å². The van der Waals surface area contributed by atoms with E-state index in [0.29, 0.717) is 12.5 Å². The van der Waals surface area contributed by atoms with Crippen LogP contribution < -0.4 is 4.72 Å². The SMILES string of the molecule is O=S(=O)(NCC1CCC(O)CC1)c1ccn[nH]1. The van der Waals surface area contributed by atoms with Crippen molar-refractivity contribution >= 4 is 10.0 Å². The number of aliphatic hydroxyl groups is 1. The largest absolute Gasteiger partial charge is 0.393 e. The van der Waals surface area contributed by atoms with Crippen molar-refractivity contribution in [1.29, 1.82) is 0 Å². The second-order valence-electron chi connectivity index (χ2n) is 4.45. The Kier molecular flexibility index (Phi) is 3.80. The summed E-state index contributed by atoms with van der Waals surface area (Å²) in [5, 5.41) is 15.5. The van der Waals surface area contributed by atoms with Crippen molar-refractivity contribution in [1.82, 2.24) is 14.9 Å². The third kappa shape index (κ3) is 3.27. The second-order valence-corrected chi connectivity index (χ2v) is 6.18. The number of rotatable bonds is 4. The molecule has 0 amide bonds. The van der Waals surface area contributed by atoms with E-state index in [1.807, 2.05) is 0 Å². The molecule has 0 bridgehead atoms. The number of aromatic nitrogens is 2. The standard InChI is InChI=1S/C10H17N3O3S/c14-9-3-1-8(2-4-9)7-12-17(15,16)10-5-6-11-13-10/h5-6,8-9,12,14H,1-4,7H2,(H,11,13). The van der Waals surface area contributed by atoms with E-state index >= 15 is 0 Å². The average Bonchev–Trinajstić information content (AvgIpc) is 2.82. The van der Waals surface area contributed by atoms with Gasteiger partial charge in [-0.25, -0.2) is 13.1 Å². The Morgan fingerprint density at radius 3 is 2.71 bits per heavy atom. The van der Waals surface area contributed by atoms with Crippen molar-refractivity contribution in [2.75, 3.05) is 6.54 Å². The molecular weight excluding hydrogens is 242 g/mol. The van der Waals surface area contributed by atoms with Gasteiger partial charge in [0.2, 0.25) is 0 Å². The van der Waals surface area contributed by atoms with Crippen LogP contribution in [0.4, 0.5) is 0 Å². The van der Waals surface area contributed by atoms with Crippen molar-refractivity contribution in [3.05, 3.63) is 12.3 Å². The molecule has 0 unspecified atom stereocenters. The number of aliphatic hydroxyl groups excluding tert-OH is 1. The summed E-state index contributed by atoms with van der Waals surface area (Å²) in [6.45, 7) is 0.425. The molecule has 17 heavy (non-hydrogen) atoms. The molecule has 1 fully saturated rings. The summed E-state index contributed by atoms with van der Waals surface area (Å²) in [5.41, 5.74) is 0. The van der Waals surface area contributed by atoms with Gasteiger partial charge in [-0.15, -0.1) is 0 Å². The molecule has 1 aliphatic rings. The first kappa shape index (κ1) is 12.5. The molecule has 1 aliphatic carbocycles. The van der Waals surface area contributed by atoms with Gasteiger partial charge in [-0.3, -0.25) is 5.10 Å². The summed E-state index contributed by atoms with van der Waals surface area (Å²) >= 11 is 0. The van der Waals surface area contributed by atoms with Crippen LogP contribution >= 0.6 is 0 Å². The van der Waals surface area contributed by atoms with Crippen molar-refractivity contribution in [2.24, 2.45) is 5.92 Å². The van der Waals surface area contributed by atoms with E-state index in [2.05, 4.69) is 14.9 Å². The molecule has 0 radical (unpaired) electrons. The van der Waals surface area contributed by atoms with Crippen LogP contribution in [0.1, 0.15) is 25.7 Å². The first-order chi connectivity index (χ1) is 8.08. The highest BCUT2D eigenvalue weighted by molar-refractivity contribution is 7.89. The monoisotopic (exact) mass is 259 g/mol. The topological polar surface area (TPSA) is 95.1 Å². The van der Waals surface area contributed by atoms with E-state index in [-0.39, 0.29) is 11.1 Å². The van der Waals surface area contributed by atoms with E-state index in [1.165, 1.54) is 12.3 Å². The maximum absolute atomic E-state index is 11.8. The van der Waals surface area contributed by atoms with Crippen molar-refractivity contribution in [3.8, 4) is 0 Å². The maximum atomic E-state index is 11.8. The van der Waals surface area contributed by atoms with Gasteiger partial charge in [0.15, 0.2) is 5.03 Å². The van der Waals surface area contributed by atoms with E-state index in [4.69, 9.17) is 0 Å². The number of hydrogen-bond acceptors (Lipinski definition) is 4. The lowest BCUT2D eigenvalue weighted by Crippen LogP contribution is -2.32. The molecule has 0 spiro atoms. The molecule has 2 rings (SSSR count). The van der Waals surface area contributed by atoms with Crippen molar-refractivity contribution in [3.63, 3.8) is 0 Å². The summed E-state index contributed by atoms with van der Waals surface area (Å²) < 4.78 is 26.1. The molecule has 0 saturated heterocycles. The Labute approximate surface area is 100 Å². The summed E-state index contributed by atoms with van der Waals surface area (Å²) in [6.07, 6.45) is 4.45. The highest BCUT2D eigenvalue weighted by Crippen LogP contribution is 2.23. The maximum Gasteiger partial charge on any atom is 0.257 e. The minimum absolute atomic E-state index is 0.0911. The average molecular weight is 259 g/mol. The molecule has 0 aromatic carbocycles. The quantitative estimate of drug-likeness (QED) is 0.721. The Morgan fingerprint density at radius 1 is 1.41 bits per heavy atom. The smallest absolute Gasteiger partial charge is 0.257 e. The molecule has 1 aromatic rings. The van der Waals surface area contributed by atoms with Crippen LogP contribution in [0.3, 0.4) is 0 Å². The van der Waals surface area contributed by atoms with Crippen LogP contribution in [0.25, 0.3) is 0 Å². The summed E-state index contributed by atoms with van der Waals surface area (Å²) in [6, 6.07) is 1.42. The molecule has 6 nitrogen and oxygen atoms in total. The zero-order valence-corrected chi connectivity index (χ0v) is 10.3. The van der Waals surface area contributed by atoms with Gasteiger partial charge in [0, 0.05) is 6.54 Å². The fourth-order valence-corrected chi connectivity index (χ4v) is 3.07. The highest BCUT2D eigenvalue weighted by atomic mass is 32.2. The number of H-pyrrole nitrogens is 1. The molecule has 0 atom stereocenters. The van der Waals surface area contributed by atoms with Crippen LogP contribution in [0, 0.1) is 5.92 Å².